The zero-order chi connectivity index (χ0) is 17.3. The van der Waals surface area contributed by atoms with E-state index in [0.717, 1.165) is 11.1 Å². The normalized spacial score (nSPS) is 12.2. The summed E-state index contributed by atoms with van der Waals surface area (Å²) in [6, 6.07) is 4.36. The summed E-state index contributed by atoms with van der Waals surface area (Å²) < 4.78 is 19.5. The average Bonchev–Trinajstić information content (AvgIpc) is 3.08. The van der Waals surface area contributed by atoms with E-state index in [1.165, 1.54) is 12.1 Å². The standard InChI is InChI=1S/C16H13Cl2FN4O/c1-8(14-11(17)2-3-12(19)15(14)18)24-13-4-9(5-21-16(13)20)10-6-22-23-7-10/h2-8H,1H3,(H2,20,21)(H,22,23)/t8-/m1/s1. The molecule has 124 valence electrons. The van der Waals surface area contributed by atoms with Crippen LogP contribution in [0.3, 0.4) is 0 Å². The summed E-state index contributed by atoms with van der Waals surface area (Å²) in [5, 5.41) is 6.85. The molecule has 0 fully saturated rings. The highest BCUT2D eigenvalue weighted by molar-refractivity contribution is 6.36. The number of nitrogens with zero attached hydrogens (tertiary/aromatic N) is 2. The number of ether oxygens (including phenoxy) is 1. The number of hydrogen-bond donors (Lipinski definition) is 2. The largest absolute Gasteiger partial charge is 0.482 e. The zero-order valence-corrected chi connectivity index (χ0v) is 14.1. The fourth-order valence-corrected chi connectivity index (χ4v) is 2.96. The molecule has 0 saturated heterocycles. The van der Waals surface area contributed by atoms with E-state index >= 15 is 0 Å². The number of hydrogen-bond acceptors (Lipinski definition) is 4. The minimum Gasteiger partial charge on any atom is -0.482 e. The molecule has 3 aromatic rings. The second kappa shape index (κ2) is 6.67. The number of anilines is 1. The van der Waals surface area contributed by atoms with E-state index in [0.29, 0.717) is 16.3 Å². The average molecular weight is 367 g/mol. The lowest BCUT2D eigenvalue weighted by Gasteiger charge is -2.19. The number of aromatic nitrogens is 3. The van der Waals surface area contributed by atoms with Crippen molar-refractivity contribution in [1.29, 1.82) is 0 Å². The number of pyridine rings is 1. The number of H-pyrrole nitrogens is 1. The van der Waals surface area contributed by atoms with Crippen LogP contribution in [0.1, 0.15) is 18.6 Å². The number of halogens is 3. The van der Waals surface area contributed by atoms with Crippen molar-refractivity contribution in [2.24, 2.45) is 0 Å². The Morgan fingerprint density at radius 2 is 2.04 bits per heavy atom. The Bertz CT molecular complexity index is 871. The molecule has 1 aromatic carbocycles. The van der Waals surface area contributed by atoms with Crippen molar-refractivity contribution in [3.8, 4) is 16.9 Å². The Labute approximate surface area is 147 Å². The summed E-state index contributed by atoms with van der Waals surface area (Å²) in [5.74, 6) is -0.0138. The first-order chi connectivity index (χ1) is 11.5. The Kier molecular flexibility index (Phi) is 4.59. The van der Waals surface area contributed by atoms with Crippen molar-refractivity contribution in [3.63, 3.8) is 0 Å². The van der Waals surface area contributed by atoms with Crippen LogP contribution >= 0.6 is 23.2 Å². The smallest absolute Gasteiger partial charge is 0.166 e. The summed E-state index contributed by atoms with van der Waals surface area (Å²) in [6.07, 6.45) is 4.37. The molecular formula is C16H13Cl2FN4O. The number of nitrogens with one attached hydrogen (secondary N) is 1. The van der Waals surface area contributed by atoms with E-state index in [1.54, 1.807) is 31.6 Å². The molecule has 3 N–H and O–H groups in total. The van der Waals surface area contributed by atoms with Crippen LogP contribution in [0, 0.1) is 5.82 Å². The van der Waals surface area contributed by atoms with Gasteiger partial charge in [0.1, 0.15) is 11.9 Å². The van der Waals surface area contributed by atoms with Crippen molar-refractivity contribution in [3.05, 3.63) is 58.2 Å². The van der Waals surface area contributed by atoms with Crippen LogP contribution in [-0.2, 0) is 0 Å². The first kappa shape index (κ1) is 16.5. The van der Waals surface area contributed by atoms with Crippen molar-refractivity contribution in [1.82, 2.24) is 15.2 Å². The molecule has 2 aromatic heterocycles. The molecule has 5 nitrogen and oxygen atoms in total. The molecule has 0 spiro atoms. The van der Waals surface area contributed by atoms with Gasteiger partial charge in [-0.25, -0.2) is 9.37 Å². The van der Waals surface area contributed by atoms with Crippen LogP contribution in [0.15, 0.2) is 36.8 Å². The van der Waals surface area contributed by atoms with E-state index in [2.05, 4.69) is 15.2 Å². The maximum atomic E-state index is 13.7. The Morgan fingerprint density at radius 3 is 2.75 bits per heavy atom. The molecule has 0 unspecified atom stereocenters. The molecule has 0 amide bonds. The summed E-state index contributed by atoms with van der Waals surface area (Å²) in [5.41, 5.74) is 7.84. The third kappa shape index (κ3) is 3.16. The predicted octanol–water partition coefficient (Wildman–Crippen LogP) is 4.64. The van der Waals surface area contributed by atoms with Crippen molar-refractivity contribution in [2.75, 3.05) is 5.73 Å². The summed E-state index contributed by atoms with van der Waals surface area (Å²) in [6.45, 7) is 1.70. The van der Waals surface area contributed by atoms with Gasteiger partial charge >= 0.3 is 0 Å². The molecule has 1 atom stereocenters. The lowest BCUT2D eigenvalue weighted by Crippen LogP contribution is -2.08. The molecule has 0 saturated carbocycles. The molecule has 0 radical (unpaired) electrons. The Balaban J connectivity index is 1.94. The van der Waals surface area contributed by atoms with Gasteiger partial charge in [-0.05, 0) is 25.1 Å². The third-order valence-electron chi connectivity index (χ3n) is 3.50. The monoisotopic (exact) mass is 366 g/mol. The van der Waals surface area contributed by atoms with E-state index in [1.807, 2.05) is 0 Å². The minimum atomic E-state index is -0.621. The van der Waals surface area contributed by atoms with Gasteiger partial charge in [0.05, 0.1) is 11.2 Å². The first-order valence-electron chi connectivity index (χ1n) is 7.02. The van der Waals surface area contributed by atoms with E-state index in [4.69, 9.17) is 33.7 Å². The Morgan fingerprint density at radius 1 is 1.25 bits per heavy atom. The molecule has 0 aliphatic carbocycles. The third-order valence-corrected chi connectivity index (χ3v) is 4.22. The minimum absolute atomic E-state index is 0.0764. The van der Waals surface area contributed by atoms with Gasteiger partial charge in [0.2, 0.25) is 0 Å². The lowest BCUT2D eigenvalue weighted by atomic mass is 10.1. The second-order valence-corrected chi connectivity index (χ2v) is 5.90. The first-order valence-corrected chi connectivity index (χ1v) is 7.77. The van der Waals surface area contributed by atoms with Gasteiger partial charge in [-0.2, -0.15) is 5.10 Å². The maximum Gasteiger partial charge on any atom is 0.166 e. The highest BCUT2D eigenvalue weighted by atomic mass is 35.5. The molecule has 3 rings (SSSR count). The zero-order valence-electron chi connectivity index (χ0n) is 12.6. The number of rotatable bonds is 4. The summed E-state index contributed by atoms with van der Waals surface area (Å²) >= 11 is 12.1. The van der Waals surface area contributed by atoms with Crippen LogP contribution in [0.2, 0.25) is 10.0 Å². The van der Waals surface area contributed by atoms with Gasteiger partial charge in [0.25, 0.3) is 0 Å². The Hall–Kier alpha value is -2.31. The molecule has 24 heavy (non-hydrogen) atoms. The van der Waals surface area contributed by atoms with Gasteiger partial charge in [-0.3, -0.25) is 5.10 Å². The maximum absolute atomic E-state index is 13.7. The highest BCUT2D eigenvalue weighted by Gasteiger charge is 2.20. The molecular weight excluding hydrogens is 354 g/mol. The van der Waals surface area contributed by atoms with Crippen LogP contribution < -0.4 is 10.5 Å². The van der Waals surface area contributed by atoms with Crippen molar-refractivity contribution < 1.29 is 9.13 Å². The van der Waals surface area contributed by atoms with E-state index in [9.17, 15) is 4.39 Å². The predicted molar refractivity (Wildman–Crippen MR) is 91.7 cm³/mol. The van der Waals surface area contributed by atoms with Gasteiger partial charge < -0.3 is 10.5 Å². The van der Waals surface area contributed by atoms with Gasteiger partial charge in [0.15, 0.2) is 11.6 Å². The van der Waals surface area contributed by atoms with Gasteiger partial charge in [-0.15, -0.1) is 0 Å². The number of nitrogen functional groups attached to an aromatic ring is 1. The number of benzene rings is 1. The van der Waals surface area contributed by atoms with Crippen molar-refractivity contribution in [2.45, 2.75) is 13.0 Å². The molecule has 0 bridgehead atoms. The molecule has 8 heteroatoms. The number of nitrogens with two attached hydrogens (primary N) is 1. The quantitative estimate of drug-likeness (QED) is 0.659. The SMILES string of the molecule is C[C@@H](Oc1cc(-c2cn[nH]c2)cnc1N)c1c(Cl)ccc(F)c1Cl. The molecule has 0 aliphatic rings. The summed E-state index contributed by atoms with van der Waals surface area (Å²) in [4.78, 5) is 4.12. The molecule has 2 heterocycles. The van der Waals surface area contributed by atoms with Gasteiger partial charge in [0, 0.05) is 34.1 Å². The van der Waals surface area contributed by atoms with Crippen LogP contribution in [0.25, 0.3) is 11.1 Å². The fraction of sp³-hybridized carbons (Fsp3) is 0.125. The van der Waals surface area contributed by atoms with E-state index < -0.39 is 11.9 Å². The lowest BCUT2D eigenvalue weighted by molar-refractivity contribution is 0.227. The van der Waals surface area contributed by atoms with Crippen molar-refractivity contribution >= 4 is 29.0 Å². The van der Waals surface area contributed by atoms with Crippen LogP contribution in [0.4, 0.5) is 10.2 Å². The van der Waals surface area contributed by atoms with E-state index in [-0.39, 0.29) is 10.8 Å². The number of aromatic amines is 1. The highest BCUT2D eigenvalue weighted by Crippen LogP contribution is 2.36. The van der Waals surface area contributed by atoms with Crippen LogP contribution in [-0.4, -0.2) is 15.2 Å². The van der Waals surface area contributed by atoms with Gasteiger partial charge in [-0.1, -0.05) is 23.2 Å². The fourth-order valence-electron chi connectivity index (χ4n) is 2.28. The second-order valence-electron chi connectivity index (χ2n) is 5.11. The topological polar surface area (TPSA) is 76.8 Å². The summed E-state index contributed by atoms with van der Waals surface area (Å²) in [7, 11) is 0. The van der Waals surface area contributed by atoms with Crippen LogP contribution in [0.5, 0.6) is 5.75 Å². The molecule has 0 aliphatic heterocycles.